The van der Waals surface area contributed by atoms with E-state index in [0.29, 0.717) is 12.1 Å². The molecule has 0 fully saturated rings. The molecule has 0 spiro atoms. The Bertz CT molecular complexity index is 558. The maximum Gasteiger partial charge on any atom is 0.133 e. The van der Waals surface area contributed by atoms with E-state index < -0.39 is 0 Å². The lowest BCUT2D eigenvalue weighted by Crippen LogP contribution is -2.23. The van der Waals surface area contributed by atoms with Crippen molar-refractivity contribution in [1.29, 1.82) is 5.41 Å². The Kier molecular flexibility index (Phi) is 2.25. The Balaban J connectivity index is 2.07. The van der Waals surface area contributed by atoms with Gasteiger partial charge >= 0.3 is 0 Å². The Morgan fingerprint density at radius 2 is 2.18 bits per heavy atom. The monoisotopic (exact) mass is 227 g/mol. The molecule has 1 aromatic carbocycles. The van der Waals surface area contributed by atoms with Crippen molar-refractivity contribution in [3.8, 4) is 17.1 Å². The number of benzene rings is 1. The fraction of sp³-hybridized carbons (Fsp3) is 0.214. The number of ether oxygens (including phenoxy) is 1. The van der Waals surface area contributed by atoms with Crippen molar-refractivity contribution in [3.63, 3.8) is 0 Å². The van der Waals surface area contributed by atoms with Gasteiger partial charge in [-0.2, -0.15) is 0 Å². The average molecular weight is 227 g/mol. The minimum Gasteiger partial charge on any atom is -0.490 e. The van der Waals surface area contributed by atoms with E-state index >= 15 is 0 Å². The van der Waals surface area contributed by atoms with Gasteiger partial charge in [-0.3, -0.25) is 0 Å². The third-order valence-corrected chi connectivity index (χ3v) is 2.93. The topological polar surface area (TPSA) is 46.2 Å². The summed E-state index contributed by atoms with van der Waals surface area (Å²) in [6.45, 7) is 1.98. The Hall–Kier alpha value is -2.03. The van der Waals surface area contributed by atoms with Crippen molar-refractivity contribution in [2.24, 2.45) is 0 Å². The summed E-state index contributed by atoms with van der Waals surface area (Å²) in [6.07, 6.45) is 2.40. The molecule has 86 valence electrons. The lowest BCUT2D eigenvalue weighted by Gasteiger charge is -2.24. The van der Waals surface area contributed by atoms with Gasteiger partial charge in [0.15, 0.2) is 0 Å². The first-order chi connectivity index (χ1) is 8.24. The van der Waals surface area contributed by atoms with E-state index in [4.69, 9.17) is 14.6 Å². The molecule has 1 aromatic heterocycles. The van der Waals surface area contributed by atoms with Gasteiger partial charge in [0.2, 0.25) is 0 Å². The highest BCUT2D eigenvalue weighted by Crippen LogP contribution is 2.32. The molecule has 1 aliphatic heterocycles. The summed E-state index contributed by atoms with van der Waals surface area (Å²) in [7, 11) is 0. The van der Waals surface area contributed by atoms with Gasteiger partial charge in [0.25, 0.3) is 0 Å². The van der Waals surface area contributed by atoms with E-state index in [9.17, 15) is 0 Å². The molecule has 0 radical (unpaired) electrons. The number of rotatable bonds is 1. The van der Waals surface area contributed by atoms with Gasteiger partial charge in [-0.25, -0.2) is 0 Å². The van der Waals surface area contributed by atoms with E-state index in [1.165, 1.54) is 0 Å². The lowest BCUT2D eigenvalue weighted by molar-refractivity contribution is 0.222. The van der Waals surface area contributed by atoms with Crippen molar-refractivity contribution < 1.29 is 9.15 Å². The van der Waals surface area contributed by atoms with Crippen molar-refractivity contribution in [2.45, 2.75) is 19.4 Å². The summed E-state index contributed by atoms with van der Waals surface area (Å²) in [4.78, 5) is 0. The summed E-state index contributed by atoms with van der Waals surface area (Å²) in [5.41, 5.74) is 2.51. The molecule has 1 aliphatic rings. The molecule has 0 saturated heterocycles. The molecule has 2 heterocycles. The largest absolute Gasteiger partial charge is 0.490 e. The minimum atomic E-state index is 0.0712. The fourth-order valence-electron chi connectivity index (χ4n) is 2.12. The molecule has 2 aromatic rings. The summed E-state index contributed by atoms with van der Waals surface area (Å²) in [5, 5.41) is 7.94. The smallest absolute Gasteiger partial charge is 0.133 e. The normalized spacial score (nSPS) is 18.6. The average Bonchev–Trinajstić information content (AvgIpc) is 2.81. The summed E-state index contributed by atoms with van der Waals surface area (Å²) < 4.78 is 11.1. The first kappa shape index (κ1) is 10.1. The number of hydrogen-bond donors (Lipinski definition) is 1. The zero-order chi connectivity index (χ0) is 11.8. The molecule has 3 rings (SSSR count). The second-order valence-corrected chi connectivity index (χ2v) is 4.30. The Labute approximate surface area is 99.5 Å². The molecule has 3 heteroatoms. The van der Waals surface area contributed by atoms with E-state index in [1.54, 1.807) is 6.26 Å². The third-order valence-electron chi connectivity index (χ3n) is 2.93. The molecular formula is C14H13NO2. The molecule has 1 N–H and O–H groups in total. The van der Waals surface area contributed by atoms with Gasteiger partial charge in [-0.05, 0) is 31.2 Å². The fourth-order valence-corrected chi connectivity index (χ4v) is 2.12. The molecule has 0 saturated carbocycles. The highest BCUT2D eigenvalue weighted by atomic mass is 16.5. The van der Waals surface area contributed by atoms with Crippen LogP contribution in [0.2, 0.25) is 0 Å². The predicted molar refractivity (Wildman–Crippen MR) is 65.7 cm³/mol. The Morgan fingerprint density at radius 1 is 1.29 bits per heavy atom. The van der Waals surface area contributed by atoms with Crippen molar-refractivity contribution in [1.82, 2.24) is 0 Å². The van der Waals surface area contributed by atoms with Crippen LogP contribution in [0.4, 0.5) is 0 Å². The standard InChI is InChI=1S/C14H13NO2/c1-9-7-12(15)11-5-4-10(8-14(11)17-9)13-3-2-6-16-13/h2-6,8-9,15H,7H2,1H3. The third kappa shape index (κ3) is 1.73. The number of fused-ring (bicyclic) bond motifs is 1. The van der Waals surface area contributed by atoms with Gasteiger partial charge < -0.3 is 14.6 Å². The van der Waals surface area contributed by atoms with Crippen LogP contribution in [0.15, 0.2) is 41.0 Å². The van der Waals surface area contributed by atoms with Crippen molar-refractivity contribution in [2.75, 3.05) is 0 Å². The van der Waals surface area contributed by atoms with Crippen LogP contribution in [-0.2, 0) is 0 Å². The van der Waals surface area contributed by atoms with E-state index in [0.717, 1.165) is 22.6 Å². The molecule has 17 heavy (non-hydrogen) atoms. The lowest BCUT2D eigenvalue weighted by atomic mass is 9.98. The highest BCUT2D eigenvalue weighted by Gasteiger charge is 2.21. The molecule has 0 bridgehead atoms. The molecule has 3 nitrogen and oxygen atoms in total. The highest BCUT2D eigenvalue weighted by molar-refractivity contribution is 6.02. The van der Waals surface area contributed by atoms with Crippen LogP contribution in [0.1, 0.15) is 18.9 Å². The second kappa shape index (κ2) is 3.77. The summed E-state index contributed by atoms with van der Waals surface area (Å²) in [6, 6.07) is 9.62. The van der Waals surface area contributed by atoms with Gasteiger partial charge in [0, 0.05) is 23.3 Å². The van der Waals surface area contributed by atoms with Crippen LogP contribution in [-0.4, -0.2) is 11.8 Å². The van der Waals surface area contributed by atoms with Crippen LogP contribution < -0.4 is 4.74 Å². The maximum atomic E-state index is 7.94. The van der Waals surface area contributed by atoms with E-state index in [2.05, 4.69) is 0 Å². The SMILES string of the molecule is CC1CC(=N)c2ccc(-c3ccco3)cc2O1. The maximum absolute atomic E-state index is 7.94. The van der Waals surface area contributed by atoms with Gasteiger partial charge in [-0.1, -0.05) is 6.07 Å². The van der Waals surface area contributed by atoms with Gasteiger partial charge in [0.1, 0.15) is 17.6 Å². The van der Waals surface area contributed by atoms with Crippen molar-refractivity contribution >= 4 is 5.71 Å². The minimum absolute atomic E-state index is 0.0712. The first-order valence-corrected chi connectivity index (χ1v) is 5.66. The quantitative estimate of drug-likeness (QED) is 0.810. The van der Waals surface area contributed by atoms with Crippen LogP contribution in [0.25, 0.3) is 11.3 Å². The van der Waals surface area contributed by atoms with Crippen LogP contribution in [0.5, 0.6) is 5.75 Å². The van der Waals surface area contributed by atoms with Crippen molar-refractivity contribution in [3.05, 3.63) is 42.2 Å². The van der Waals surface area contributed by atoms with E-state index in [-0.39, 0.29) is 6.10 Å². The Morgan fingerprint density at radius 3 is 2.94 bits per heavy atom. The number of nitrogens with one attached hydrogen (secondary N) is 1. The van der Waals surface area contributed by atoms with Gasteiger partial charge in [0.05, 0.1) is 6.26 Å². The zero-order valence-electron chi connectivity index (χ0n) is 9.57. The number of furan rings is 1. The van der Waals surface area contributed by atoms with E-state index in [1.807, 2.05) is 37.3 Å². The molecule has 1 unspecified atom stereocenters. The van der Waals surface area contributed by atoms with Gasteiger partial charge in [-0.15, -0.1) is 0 Å². The van der Waals surface area contributed by atoms with Crippen LogP contribution in [0.3, 0.4) is 0 Å². The summed E-state index contributed by atoms with van der Waals surface area (Å²) in [5.74, 6) is 1.60. The first-order valence-electron chi connectivity index (χ1n) is 5.66. The molecule has 0 amide bonds. The second-order valence-electron chi connectivity index (χ2n) is 4.30. The van der Waals surface area contributed by atoms with Crippen LogP contribution >= 0.6 is 0 Å². The number of hydrogen-bond acceptors (Lipinski definition) is 3. The predicted octanol–water partition coefficient (Wildman–Crippen LogP) is 3.49. The summed E-state index contributed by atoms with van der Waals surface area (Å²) >= 11 is 0. The molecule has 1 atom stereocenters. The van der Waals surface area contributed by atoms with Crippen LogP contribution in [0, 0.1) is 5.41 Å². The molecular weight excluding hydrogens is 214 g/mol. The molecule has 0 aliphatic carbocycles. The zero-order valence-corrected chi connectivity index (χ0v) is 9.57.